The number of rotatable bonds is 22. The summed E-state index contributed by atoms with van der Waals surface area (Å²) >= 11 is 0. The maximum absolute atomic E-state index is 10.4. The molecule has 0 saturated carbocycles. The van der Waals surface area contributed by atoms with E-state index in [4.69, 9.17) is 10.2 Å². The normalized spacial score (nSPS) is 10.9. The molecule has 8 heteroatoms. The second kappa shape index (κ2) is 21.9. The van der Waals surface area contributed by atoms with Crippen molar-refractivity contribution in [3.63, 3.8) is 0 Å². The van der Waals surface area contributed by atoms with E-state index < -0.39 is 12.1 Å². The zero-order chi connectivity index (χ0) is 20.7. The van der Waals surface area contributed by atoms with Crippen molar-refractivity contribution in [3.8, 4) is 0 Å². The minimum absolute atomic E-state index is 0.320. The minimum Gasteiger partial charge on any atom is -0.481 e. The molecule has 0 atom stereocenters. The van der Waals surface area contributed by atoms with Crippen molar-refractivity contribution >= 4 is 12.1 Å². The molecule has 0 aromatic heterocycles. The second-order valence-electron chi connectivity index (χ2n) is 7.41. The highest BCUT2D eigenvalue weighted by molar-refractivity contribution is 5.66. The molecular weight excluding hydrogens is 360 g/mol. The van der Waals surface area contributed by atoms with Gasteiger partial charge in [-0.05, 0) is 12.8 Å². The van der Waals surface area contributed by atoms with Gasteiger partial charge in [-0.15, -0.1) is 0 Å². The van der Waals surface area contributed by atoms with Gasteiger partial charge in [-0.25, -0.2) is 15.6 Å². The molecule has 166 valence electrons. The van der Waals surface area contributed by atoms with Crippen LogP contribution in [-0.2, 0) is 4.79 Å². The molecule has 6 N–H and O–H groups in total. The maximum atomic E-state index is 10.4. The molecular formula is C20H42N4O4. The van der Waals surface area contributed by atoms with Crippen molar-refractivity contribution in [2.45, 2.75) is 109 Å². The molecule has 0 rings (SSSR count). The Bertz CT molecular complexity index is 336. The molecule has 28 heavy (non-hydrogen) atoms. The predicted octanol–water partition coefficient (Wildman–Crippen LogP) is 4.48. The Morgan fingerprint density at radius 2 is 0.929 bits per heavy atom. The number of carboxylic acid groups (broad SMARTS) is 2. The lowest BCUT2D eigenvalue weighted by Crippen LogP contribution is -2.52. The number of nitrogens with one attached hydrogen (secondary N) is 4. The van der Waals surface area contributed by atoms with Crippen LogP contribution in [0.15, 0.2) is 0 Å². The van der Waals surface area contributed by atoms with E-state index in [-0.39, 0.29) is 0 Å². The van der Waals surface area contributed by atoms with Gasteiger partial charge < -0.3 is 10.2 Å². The summed E-state index contributed by atoms with van der Waals surface area (Å²) in [5.41, 5.74) is 9.75. The van der Waals surface area contributed by atoms with E-state index in [1.54, 1.807) is 0 Å². The van der Waals surface area contributed by atoms with E-state index in [1.165, 1.54) is 83.5 Å². The Hall–Kier alpha value is -1.38. The summed E-state index contributed by atoms with van der Waals surface area (Å²) in [4.78, 5) is 20.6. The van der Waals surface area contributed by atoms with Gasteiger partial charge in [0.05, 0.1) is 0 Å². The Kier molecular flexibility index (Phi) is 20.8. The fourth-order valence-corrected chi connectivity index (χ4v) is 3.16. The van der Waals surface area contributed by atoms with E-state index in [1.807, 2.05) is 5.43 Å². The Labute approximate surface area is 170 Å². The zero-order valence-corrected chi connectivity index (χ0v) is 17.4. The summed E-state index contributed by atoms with van der Waals surface area (Å²) in [6.07, 6.45) is 19.0. The van der Waals surface area contributed by atoms with Crippen LogP contribution in [0.2, 0.25) is 0 Å². The third-order valence-electron chi connectivity index (χ3n) is 4.76. The zero-order valence-electron chi connectivity index (χ0n) is 17.4. The summed E-state index contributed by atoms with van der Waals surface area (Å²) in [7, 11) is 0. The molecule has 0 saturated heterocycles. The highest BCUT2D eigenvalue weighted by Crippen LogP contribution is 2.13. The average molecular weight is 403 g/mol. The van der Waals surface area contributed by atoms with Gasteiger partial charge in [0.15, 0.2) is 0 Å². The molecule has 8 nitrogen and oxygen atoms in total. The molecule has 0 unspecified atom stereocenters. The molecule has 0 fully saturated rings. The molecule has 0 aliphatic carbocycles. The van der Waals surface area contributed by atoms with E-state index in [0.29, 0.717) is 6.42 Å². The van der Waals surface area contributed by atoms with E-state index in [0.717, 1.165) is 25.8 Å². The third-order valence-corrected chi connectivity index (χ3v) is 4.76. The molecule has 0 aliphatic heterocycles. The quantitative estimate of drug-likeness (QED) is 0.116. The van der Waals surface area contributed by atoms with Gasteiger partial charge in [0.25, 0.3) is 0 Å². The number of carbonyl (C=O) groups is 2. The predicted molar refractivity (Wildman–Crippen MR) is 112 cm³/mol. The molecule has 0 aromatic rings. The first-order valence-electron chi connectivity index (χ1n) is 11.1. The van der Waals surface area contributed by atoms with Crippen molar-refractivity contribution in [3.05, 3.63) is 0 Å². The van der Waals surface area contributed by atoms with Gasteiger partial charge in [0.1, 0.15) is 0 Å². The van der Waals surface area contributed by atoms with Gasteiger partial charge in [0, 0.05) is 13.0 Å². The fourth-order valence-electron chi connectivity index (χ4n) is 3.16. The first-order valence-corrected chi connectivity index (χ1v) is 11.1. The van der Waals surface area contributed by atoms with Crippen LogP contribution in [0.5, 0.6) is 0 Å². The fraction of sp³-hybridized carbons (Fsp3) is 0.900. The molecule has 0 radical (unpaired) electrons. The lowest BCUT2D eigenvalue weighted by molar-refractivity contribution is -0.137. The number of unbranched alkanes of at least 4 members (excludes halogenated alkanes) is 15. The Morgan fingerprint density at radius 3 is 1.32 bits per heavy atom. The number of amides is 1. The number of hydrazine groups is 3. The van der Waals surface area contributed by atoms with Crippen molar-refractivity contribution in [2.24, 2.45) is 0 Å². The number of hydrogen-bond acceptors (Lipinski definition) is 5. The van der Waals surface area contributed by atoms with Crippen molar-refractivity contribution < 1.29 is 19.8 Å². The largest absolute Gasteiger partial charge is 0.481 e. The summed E-state index contributed by atoms with van der Waals surface area (Å²) in [6, 6.07) is 0. The monoisotopic (exact) mass is 402 g/mol. The van der Waals surface area contributed by atoms with Gasteiger partial charge in [0.2, 0.25) is 0 Å². The van der Waals surface area contributed by atoms with Crippen molar-refractivity contribution in [1.82, 2.24) is 21.9 Å². The van der Waals surface area contributed by atoms with Crippen LogP contribution in [0.4, 0.5) is 4.79 Å². The number of hydrogen-bond donors (Lipinski definition) is 6. The van der Waals surface area contributed by atoms with Crippen LogP contribution in [0, 0.1) is 0 Å². The summed E-state index contributed by atoms with van der Waals surface area (Å²) in [6.45, 7) is 0.802. The van der Waals surface area contributed by atoms with Crippen molar-refractivity contribution in [2.75, 3.05) is 6.54 Å². The van der Waals surface area contributed by atoms with Crippen LogP contribution in [-0.4, -0.2) is 28.8 Å². The summed E-state index contributed by atoms with van der Waals surface area (Å²) in [5, 5.41) is 16.9. The lowest BCUT2D eigenvalue weighted by Gasteiger charge is -2.07. The van der Waals surface area contributed by atoms with E-state index in [2.05, 4.69) is 16.5 Å². The van der Waals surface area contributed by atoms with Gasteiger partial charge in [-0.2, -0.15) is 11.1 Å². The van der Waals surface area contributed by atoms with Crippen LogP contribution < -0.4 is 21.9 Å². The van der Waals surface area contributed by atoms with Crippen LogP contribution in [0.3, 0.4) is 0 Å². The molecule has 0 heterocycles. The molecule has 0 bridgehead atoms. The first kappa shape index (κ1) is 26.6. The smallest absolute Gasteiger partial charge is 0.420 e. The minimum atomic E-state index is -1.13. The molecule has 0 aliphatic rings. The molecule has 1 amide bonds. The van der Waals surface area contributed by atoms with E-state index >= 15 is 0 Å². The van der Waals surface area contributed by atoms with Gasteiger partial charge >= 0.3 is 12.1 Å². The van der Waals surface area contributed by atoms with Crippen LogP contribution in [0.1, 0.15) is 109 Å². The topological polar surface area (TPSA) is 123 Å². The summed E-state index contributed by atoms with van der Waals surface area (Å²) in [5.74, 6) is -0.674. The Morgan fingerprint density at radius 1 is 0.536 bits per heavy atom. The second-order valence-corrected chi connectivity index (χ2v) is 7.41. The highest BCUT2D eigenvalue weighted by atomic mass is 16.4. The third kappa shape index (κ3) is 24.6. The van der Waals surface area contributed by atoms with Gasteiger partial charge in [-0.3, -0.25) is 4.79 Å². The SMILES string of the molecule is O=C(O)CCCCCCCCCCCCCCCCCCNNNNC(=O)O. The lowest BCUT2D eigenvalue weighted by atomic mass is 10.0. The highest BCUT2D eigenvalue weighted by Gasteiger charge is 1.97. The number of aliphatic carboxylic acids is 1. The molecule has 0 spiro atoms. The first-order chi connectivity index (χ1) is 13.6. The van der Waals surface area contributed by atoms with Gasteiger partial charge in [-0.1, -0.05) is 89.9 Å². The standard InChI is InChI=1S/C20H42N4O4/c25-19(26)17-15-13-11-9-7-5-3-1-2-4-6-8-10-12-14-16-18-21-23-24-22-20(27)28/h21-24H,1-18H2,(H,25,26)(H,27,28). The van der Waals surface area contributed by atoms with Crippen LogP contribution >= 0.6 is 0 Å². The summed E-state index contributed by atoms with van der Waals surface area (Å²) < 4.78 is 0. The van der Waals surface area contributed by atoms with E-state index in [9.17, 15) is 9.59 Å². The van der Waals surface area contributed by atoms with Crippen LogP contribution in [0.25, 0.3) is 0 Å². The molecule has 0 aromatic carbocycles. The average Bonchev–Trinajstić information content (AvgIpc) is 2.65. The maximum Gasteiger partial charge on any atom is 0.420 e. The Balaban J connectivity index is 3.01. The van der Waals surface area contributed by atoms with Crippen molar-refractivity contribution in [1.29, 1.82) is 0 Å². The number of carboxylic acids is 1.